The molecule has 60 heavy (non-hydrogen) atoms. The van der Waals surface area contributed by atoms with Crippen LogP contribution in [0.3, 0.4) is 0 Å². The Bertz CT molecular complexity index is 2370. The first-order valence-electron chi connectivity index (χ1n) is 18.4. The number of aryl methyl sites for hydroxylation is 1. The maximum atomic E-state index is 13.2. The number of carbonyl (C=O) groups excluding carboxylic acids is 5. The van der Waals surface area contributed by atoms with Crippen LogP contribution in [0.5, 0.6) is 5.75 Å². The molecule has 18 nitrogen and oxygen atoms in total. The molecule has 2 aromatic heterocycles. The molecule has 6 rings (SSSR count). The lowest BCUT2D eigenvalue weighted by atomic mass is 10.0. The first-order chi connectivity index (χ1) is 28.6. The van der Waals surface area contributed by atoms with Gasteiger partial charge in [-0.15, -0.1) is 0 Å². The smallest absolute Gasteiger partial charge is 0.417 e. The molecule has 0 radical (unpaired) electrons. The minimum atomic E-state index is -4.55. The number of imidazole rings is 1. The maximum absolute atomic E-state index is 13.2. The lowest BCUT2D eigenvalue weighted by Gasteiger charge is -2.27. The zero-order valence-electron chi connectivity index (χ0n) is 31.9. The average molecular weight is 857 g/mol. The molecule has 318 valence electrons. The van der Waals surface area contributed by atoms with E-state index in [9.17, 15) is 45.6 Å². The van der Waals surface area contributed by atoms with E-state index in [2.05, 4.69) is 30.6 Å². The summed E-state index contributed by atoms with van der Waals surface area (Å²) in [5.41, 5.74) is 0.270. The number of hydrogen-bond donors (Lipinski definition) is 4. The maximum Gasteiger partial charge on any atom is 0.417 e. The van der Waals surface area contributed by atoms with E-state index in [0.29, 0.717) is 23.1 Å². The number of aromatic nitrogens is 3. The third kappa shape index (κ3) is 10.5. The molecule has 5 amide bonds. The molecule has 0 aliphatic carbocycles. The summed E-state index contributed by atoms with van der Waals surface area (Å²) >= 11 is 0. The fourth-order valence-electron chi connectivity index (χ4n) is 6.20. The SMILES string of the molecule is Cn1cnc(-c2cc(S(=O)(=O)NCCOCCOCCNC(=O)CCOc3cccc4c3C(=O)N(C3CCC(=O)NC3=O)C4=O)ccc2Nc2ccc(C(F)(F)F)cn2)c1. The molecular weight excluding hydrogens is 818 g/mol. The largest absolute Gasteiger partial charge is 0.492 e. The molecule has 1 unspecified atom stereocenters. The summed E-state index contributed by atoms with van der Waals surface area (Å²) in [4.78, 5) is 71.2. The Balaban J connectivity index is 0.875. The highest BCUT2D eigenvalue weighted by Crippen LogP contribution is 2.35. The predicted octanol–water partition coefficient (Wildman–Crippen LogP) is 2.54. The van der Waals surface area contributed by atoms with E-state index in [1.165, 1.54) is 42.7 Å². The molecule has 2 aliphatic heterocycles. The molecular formula is C38H39F3N8O10S. The zero-order valence-corrected chi connectivity index (χ0v) is 32.7. The number of pyridine rings is 1. The van der Waals surface area contributed by atoms with Gasteiger partial charge in [0.2, 0.25) is 27.7 Å². The van der Waals surface area contributed by atoms with Gasteiger partial charge in [0.1, 0.15) is 17.6 Å². The predicted molar refractivity (Wildman–Crippen MR) is 204 cm³/mol. The average Bonchev–Trinajstić information content (AvgIpc) is 3.75. The molecule has 1 fully saturated rings. The number of fused-ring (bicyclic) bond motifs is 1. The van der Waals surface area contributed by atoms with E-state index in [-0.39, 0.29) is 98.9 Å². The first kappa shape index (κ1) is 43.4. The van der Waals surface area contributed by atoms with E-state index in [0.717, 1.165) is 17.0 Å². The van der Waals surface area contributed by atoms with Crippen LogP contribution < -0.4 is 25.4 Å². The number of anilines is 2. The van der Waals surface area contributed by atoms with Crippen molar-refractivity contribution in [2.75, 3.05) is 51.4 Å². The van der Waals surface area contributed by atoms with Crippen LogP contribution in [-0.4, -0.2) is 110 Å². The van der Waals surface area contributed by atoms with Crippen LogP contribution in [0.25, 0.3) is 11.3 Å². The van der Waals surface area contributed by atoms with Crippen molar-refractivity contribution >= 4 is 51.1 Å². The topological polar surface area (TPSA) is 229 Å². The van der Waals surface area contributed by atoms with Gasteiger partial charge in [-0.2, -0.15) is 13.2 Å². The zero-order chi connectivity index (χ0) is 43.0. The lowest BCUT2D eigenvalue weighted by Crippen LogP contribution is -2.54. The second-order valence-corrected chi connectivity index (χ2v) is 15.2. The Kier molecular flexibility index (Phi) is 13.6. The van der Waals surface area contributed by atoms with Crippen molar-refractivity contribution in [3.63, 3.8) is 0 Å². The van der Waals surface area contributed by atoms with Crippen molar-refractivity contribution in [3.8, 4) is 17.0 Å². The van der Waals surface area contributed by atoms with Gasteiger partial charge < -0.3 is 29.4 Å². The molecule has 4 heterocycles. The number of ether oxygens (including phenoxy) is 3. The second-order valence-electron chi connectivity index (χ2n) is 13.4. The van der Waals surface area contributed by atoms with Crippen molar-refractivity contribution in [1.29, 1.82) is 0 Å². The van der Waals surface area contributed by atoms with E-state index < -0.39 is 51.4 Å². The van der Waals surface area contributed by atoms with Gasteiger partial charge in [0.15, 0.2) is 0 Å². The van der Waals surface area contributed by atoms with Crippen LogP contribution in [0.15, 0.2) is 72.1 Å². The number of sulfonamides is 1. The third-order valence-electron chi connectivity index (χ3n) is 9.13. The van der Waals surface area contributed by atoms with Crippen LogP contribution in [0.4, 0.5) is 24.7 Å². The van der Waals surface area contributed by atoms with Crippen molar-refractivity contribution < 1.29 is 59.8 Å². The summed E-state index contributed by atoms with van der Waals surface area (Å²) in [5.74, 6) is -2.77. The van der Waals surface area contributed by atoms with E-state index >= 15 is 0 Å². The minimum Gasteiger partial charge on any atom is -0.492 e. The molecule has 0 spiro atoms. The lowest BCUT2D eigenvalue weighted by molar-refractivity contribution is -0.138. The summed E-state index contributed by atoms with van der Waals surface area (Å²) in [6.45, 7) is 0.452. The first-order valence-corrected chi connectivity index (χ1v) is 19.9. The Morgan fingerprint density at radius 2 is 1.70 bits per heavy atom. The Morgan fingerprint density at radius 1 is 0.933 bits per heavy atom. The summed E-state index contributed by atoms with van der Waals surface area (Å²) in [7, 11) is -2.29. The number of halogens is 3. The van der Waals surface area contributed by atoms with Gasteiger partial charge in [-0.25, -0.2) is 23.1 Å². The van der Waals surface area contributed by atoms with Gasteiger partial charge in [-0.1, -0.05) is 6.07 Å². The highest BCUT2D eigenvalue weighted by atomic mass is 32.2. The highest BCUT2D eigenvalue weighted by Gasteiger charge is 2.46. The number of nitrogens with zero attached hydrogens (tertiary/aromatic N) is 4. The number of piperidine rings is 1. The molecule has 0 saturated carbocycles. The van der Waals surface area contributed by atoms with Gasteiger partial charge in [0.05, 0.1) is 73.1 Å². The Labute approximate surface area is 340 Å². The minimum absolute atomic E-state index is 0.0102. The molecule has 4 aromatic rings. The molecule has 1 atom stereocenters. The quantitative estimate of drug-likeness (QED) is 0.0787. The summed E-state index contributed by atoms with van der Waals surface area (Å²) in [5, 5.41) is 7.73. The second kappa shape index (κ2) is 18.8. The van der Waals surface area contributed by atoms with Crippen LogP contribution in [0.2, 0.25) is 0 Å². The normalized spacial score (nSPS) is 15.5. The fraction of sp³-hybridized carbons (Fsp3) is 0.342. The Hall–Kier alpha value is -6.23. The molecule has 2 aliphatic rings. The fourth-order valence-corrected chi connectivity index (χ4v) is 7.24. The molecule has 0 bridgehead atoms. The Morgan fingerprint density at radius 3 is 2.38 bits per heavy atom. The molecule has 2 aromatic carbocycles. The van der Waals surface area contributed by atoms with Gasteiger partial charge >= 0.3 is 6.18 Å². The monoisotopic (exact) mass is 856 g/mol. The standard InChI is InChI=1S/C38H39F3N8O10S/c1-48-21-28(44-22-48)26-19-24(6-7-27(26)46-31-9-5-23(20-43-31)38(39,40)41)60(55,56)45-13-16-58-18-17-57-15-12-42-32(50)11-14-59-30-4-2-3-25-34(30)37(54)49(36(25)53)29-8-10-33(51)47-35(29)52/h2-7,9,19-22,29,45H,8,10-18H2,1H3,(H,42,50)(H,43,46)(H,47,51,52). The van der Waals surface area contributed by atoms with Crippen molar-refractivity contribution in [2.45, 2.75) is 36.4 Å². The van der Waals surface area contributed by atoms with Gasteiger partial charge in [-0.3, -0.25) is 34.2 Å². The van der Waals surface area contributed by atoms with Gasteiger partial charge in [-0.05, 0) is 48.9 Å². The third-order valence-corrected chi connectivity index (χ3v) is 10.6. The highest BCUT2D eigenvalue weighted by molar-refractivity contribution is 7.89. The van der Waals surface area contributed by atoms with Crippen LogP contribution >= 0.6 is 0 Å². The van der Waals surface area contributed by atoms with E-state index in [1.807, 2.05) is 0 Å². The van der Waals surface area contributed by atoms with E-state index in [4.69, 9.17) is 14.2 Å². The molecule has 4 N–H and O–H groups in total. The number of carbonyl (C=O) groups is 5. The number of alkyl halides is 3. The number of amides is 5. The van der Waals surface area contributed by atoms with Crippen LogP contribution in [0.1, 0.15) is 45.5 Å². The van der Waals surface area contributed by atoms with Gasteiger partial charge in [0.25, 0.3) is 11.8 Å². The van der Waals surface area contributed by atoms with Crippen molar-refractivity contribution in [3.05, 3.63) is 83.9 Å². The van der Waals surface area contributed by atoms with Crippen LogP contribution in [-0.2, 0) is 47.1 Å². The summed E-state index contributed by atoms with van der Waals surface area (Å²) in [6.07, 6.45) is -0.758. The van der Waals surface area contributed by atoms with Gasteiger partial charge in [0, 0.05) is 50.2 Å². The molecule has 22 heteroatoms. The van der Waals surface area contributed by atoms with Crippen molar-refractivity contribution in [2.24, 2.45) is 7.05 Å². The van der Waals surface area contributed by atoms with Crippen molar-refractivity contribution in [1.82, 2.24) is 34.8 Å². The number of rotatable bonds is 19. The molecule has 1 saturated heterocycles. The number of hydrogen-bond acceptors (Lipinski definition) is 13. The van der Waals surface area contributed by atoms with Crippen LogP contribution in [0, 0.1) is 0 Å². The van der Waals surface area contributed by atoms with E-state index in [1.54, 1.807) is 17.8 Å². The summed E-state index contributed by atoms with van der Waals surface area (Å²) in [6, 6.07) is 9.55. The number of benzene rings is 2. The number of imide groups is 2. The summed E-state index contributed by atoms with van der Waals surface area (Å²) < 4.78 is 85.9. The number of nitrogens with one attached hydrogen (secondary N) is 4.